The van der Waals surface area contributed by atoms with E-state index in [4.69, 9.17) is 9.47 Å². The molecule has 0 radical (unpaired) electrons. The molecule has 0 spiro atoms. The van der Waals surface area contributed by atoms with Crippen LogP contribution in [0.15, 0.2) is 48.5 Å². The molecule has 1 aliphatic heterocycles. The molecular weight excluding hydrogens is 375 g/mol. The lowest BCUT2D eigenvalue weighted by atomic mass is 9.94. The number of halogens is 3. The molecule has 2 aromatic carbocycles. The molecule has 0 bridgehead atoms. The quantitative estimate of drug-likeness (QED) is 0.749. The van der Waals surface area contributed by atoms with Crippen molar-refractivity contribution < 1.29 is 32.2 Å². The van der Waals surface area contributed by atoms with Crippen molar-refractivity contribution in [3.05, 3.63) is 65.2 Å². The molecule has 0 saturated heterocycles. The van der Waals surface area contributed by atoms with Gasteiger partial charge in [-0.1, -0.05) is 24.3 Å². The Morgan fingerprint density at radius 3 is 2.32 bits per heavy atom. The van der Waals surface area contributed by atoms with Gasteiger partial charge in [-0.3, -0.25) is 4.79 Å². The van der Waals surface area contributed by atoms with Gasteiger partial charge < -0.3 is 14.4 Å². The van der Waals surface area contributed by atoms with Gasteiger partial charge in [-0.05, 0) is 35.4 Å². The van der Waals surface area contributed by atoms with Crippen molar-refractivity contribution in [2.24, 2.45) is 0 Å². The first-order valence-electron chi connectivity index (χ1n) is 8.53. The van der Waals surface area contributed by atoms with Crippen LogP contribution in [0.4, 0.5) is 13.2 Å². The van der Waals surface area contributed by atoms with Crippen LogP contribution in [-0.2, 0) is 33.5 Å². The van der Waals surface area contributed by atoms with Gasteiger partial charge in [0.05, 0.1) is 12.7 Å². The number of alkyl halides is 3. The van der Waals surface area contributed by atoms with Gasteiger partial charge in [-0.15, -0.1) is 0 Å². The number of hydrogen-bond donors (Lipinski definition) is 0. The molecule has 1 atom stereocenters. The minimum atomic E-state index is -4.44. The molecule has 8 heteroatoms. The van der Waals surface area contributed by atoms with E-state index in [1.807, 2.05) is 24.3 Å². The topological polar surface area (TPSA) is 55.8 Å². The highest BCUT2D eigenvalue weighted by molar-refractivity contribution is 5.86. The average molecular weight is 393 g/mol. The molecule has 0 aliphatic carbocycles. The first-order chi connectivity index (χ1) is 13.3. The summed E-state index contributed by atoms with van der Waals surface area (Å²) in [6, 6.07) is 10.8. The van der Waals surface area contributed by atoms with Gasteiger partial charge in [-0.2, -0.15) is 13.2 Å². The second-order valence-corrected chi connectivity index (χ2v) is 6.34. The van der Waals surface area contributed by atoms with Crippen molar-refractivity contribution in [1.82, 2.24) is 4.90 Å². The number of esters is 1. The van der Waals surface area contributed by atoms with Crippen LogP contribution >= 0.6 is 0 Å². The molecule has 0 fully saturated rings. The van der Waals surface area contributed by atoms with Gasteiger partial charge in [-0.25, -0.2) is 4.79 Å². The smallest absolute Gasteiger partial charge is 0.416 e. The number of amides is 1. The third-order valence-electron chi connectivity index (χ3n) is 4.59. The van der Waals surface area contributed by atoms with Crippen LogP contribution in [0.25, 0.3) is 0 Å². The van der Waals surface area contributed by atoms with Crippen molar-refractivity contribution in [3.8, 4) is 5.75 Å². The molecule has 5 nitrogen and oxygen atoms in total. The lowest BCUT2D eigenvalue weighted by Crippen LogP contribution is -2.50. The zero-order valence-electron chi connectivity index (χ0n) is 15.0. The van der Waals surface area contributed by atoms with Gasteiger partial charge in [0.15, 0.2) is 6.61 Å². The van der Waals surface area contributed by atoms with Gasteiger partial charge in [0, 0.05) is 13.0 Å². The van der Waals surface area contributed by atoms with Crippen LogP contribution in [0.1, 0.15) is 16.7 Å². The molecule has 28 heavy (non-hydrogen) atoms. The van der Waals surface area contributed by atoms with Crippen LogP contribution in [0.5, 0.6) is 5.75 Å². The second-order valence-electron chi connectivity index (χ2n) is 6.34. The predicted molar refractivity (Wildman–Crippen MR) is 93.4 cm³/mol. The van der Waals surface area contributed by atoms with Crippen molar-refractivity contribution in [1.29, 1.82) is 0 Å². The largest absolute Gasteiger partial charge is 0.484 e. The molecular formula is C20H18F3NO4. The summed E-state index contributed by atoms with van der Waals surface area (Å²) < 4.78 is 48.0. The maximum atomic E-state index is 12.7. The number of ether oxygens (including phenoxy) is 2. The van der Waals surface area contributed by atoms with Gasteiger partial charge in [0.1, 0.15) is 11.8 Å². The summed E-state index contributed by atoms with van der Waals surface area (Å²) in [5.41, 5.74) is 1.08. The molecule has 0 saturated carbocycles. The van der Waals surface area contributed by atoms with E-state index in [1.54, 1.807) is 0 Å². The maximum absolute atomic E-state index is 12.7. The standard InChI is InChI=1S/C20H18F3NO4/c1-27-19(26)17-10-13-4-2-3-5-14(13)11-24(17)18(25)12-28-16-8-6-15(7-9-16)20(21,22)23/h2-9,17H,10-12H2,1H3/t17-/m1/s1. The van der Waals surface area contributed by atoms with E-state index >= 15 is 0 Å². The minimum Gasteiger partial charge on any atom is -0.484 e. The average Bonchev–Trinajstić information content (AvgIpc) is 2.70. The summed E-state index contributed by atoms with van der Waals surface area (Å²) >= 11 is 0. The molecule has 1 amide bonds. The first-order valence-corrected chi connectivity index (χ1v) is 8.53. The van der Waals surface area contributed by atoms with E-state index in [2.05, 4.69) is 0 Å². The fraction of sp³-hybridized carbons (Fsp3) is 0.300. The molecule has 0 aromatic heterocycles. The Morgan fingerprint density at radius 2 is 1.71 bits per heavy atom. The van der Waals surface area contributed by atoms with Gasteiger partial charge >= 0.3 is 12.1 Å². The third-order valence-corrected chi connectivity index (χ3v) is 4.59. The number of fused-ring (bicyclic) bond motifs is 1. The number of carbonyl (C=O) groups is 2. The highest BCUT2D eigenvalue weighted by Gasteiger charge is 2.35. The lowest BCUT2D eigenvalue weighted by Gasteiger charge is -2.35. The highest BCUT2D eigenvalue weighted by Crippen LogP contribution is 2.30. The van der Waals surface area contributed by atoms with Crippen LogP contribution in [0.2, 0.25) is 0 Å². The summed E-state index contributed by atoms with van der Waals surface area (Å²) in [7, 11) is 1.25. The van der Waals surface area contributed by atoms with E-state index in [-0.39, 0.29) is 12.3 Å². The Balaban J connectivity index is 1.70. The molecule has 1 heterocycles. The Morgan fingerprint density at radius 1 is 1.07 bits per heavy atom. The van der Waals surface area contributed by atoms with E-state index in [1.165, 1.54) is 12.0 Å². The zero-order chi connectivity index (χ0) is 20.3. The molecule has 1 aliphatic rings. The number of methoxy groups -OCH3 is 1. The minimum absolute atomic E-state index is 0.133. The highest BCUT2D eigenvalue weighted by atomic mass is 19.4. The van der Waals surface area contributed by atoms with Gasteiger partial charge in [0.2, 0.25) is 0 Å². The Hall–Kier alpha value is -3.03. The molecule has 2 aromatic rings. The summed E-state index contributed by atoms with van der Waals surface area (Å²) in [5, 5.41) is 0. The van der Waals surface area contributed by atoms with Crippen LogP contribution in [-0.4, -0.2) is 36.5 Å². The van der Waals surface area contributed by atoms with Gasteiger partial charge in [0.25, 0.3) is 5.91 Å². The van der Waals surface area contributed by atoms with Crippen molar-refractivity contribution in [2.45, 2.75) is 25.2 Å². The maximum Gasteiger partial charge on any atom is 0.416 e. The second kappa shape index (κ2) is 7.92. The predicted octanol–water partition coefficient (Wildman–Crippen LogP) is 3.21. The summed E-state index contributed by atoms with van der Waals surface area (Å²) in [5.74, 6) is -0.851. The number of benzene rings is 2. The van der Waals surface area contributed by atoms with E-state index in [9.17, 15) is 22.8 Å². The SMILES string of the molecule is COC(=O)[C@H]1Cc2ccccc2CN1C(=O)COc1ccc(C(F)(F)F)cc1. The molecule has 0 N–H and O–H groups in total. The van der Waals surface area contributed by atoms with Crippen LogP contribution < -0.4 is 4.74 Å². The van der Waals surface area contributed by atoms with Crippen molar-refractivity contribution in [2.75, 3.05) is 13.7 Å². The third kappa shape index (κ3) is 4.27. The Bertz CT molecular complexity index is 864. The molecule has 0 unspecified atom stereocenters. The van der Waals surface area contributed by atoms with E-state index in [0.29, 0.717) is 6.42 Å². The Labute approximate surface area is 159 Å². The fourth-order valence-corrected chi connectivity index (χ4v) is 3.10. The number of nitrogens with zero attached hydrogens (tertiary/aromatic N) is 1. The number of hydrogen-bond acceptors (Lipinski definition) is 4. The van der Waals surface area contributed by atoms with E-state index < -0.39 is 36.3 Å². The van der Waals surface area contributed by atoms with Crippen molar-refractivity contribution in [3.63, 3.8) is 0 Å². The van der Waals surface area contributed by atoms with Crippen LogP contribution in [0.3, 0.4) is 0 Å². The zero-order valence-corrected chi connectivity index (χ0v) is 15.0. The summed E-state index contributed by atoms with van der Waals surface area (Å²) in [6.45, 7) is -0.174. The monoisotopic (exact) mass is 393 g/mol. The number of rotatable bonds is 4. The van der Waals surface area contributed by atoms with Crippen LogP contribution in [0, 0.1) is 0 Å². The summed E-state index contributed by atoms with van der Waals surface area (Å²) in [4.78, 5) is 26.2. The normalized spacial score (nSPS) is 16.3. The fourth-order valence-electron chi connectivity index (χ4n) is 3.10. The molecule has 3 rings (SSSR count). The summed E-state index contributed by atoms with van der Waals surface area (Å²) in [6.07, 6.45) is -4.11. The Kier molecular flexibility index (Phi) is 5.58. The first kappa shape index (κ1) is 19.7. The molecule has 148 valence electrons. The number of carbonyl (C=O) groups excluding carboxylic acids is 2. The lowest BCUT2D eigenvalue weighted by molar-refractivity contribution is -0.154. The van der Waals surface area contributed by atoms with E-state index in [0.717, 1.165) is 35.4 Å². The van der Waals surface area contributed by atoms with Crippen molar-refractivity contribution >= 4 is 11.9 Å².